The Kier molecular flexibility index (Phi) is 8.42. The van der Waals surface area contributed by atoms with E-state index in [-0.39, 0.29) is 23.6 Å². The lowest BCUT2D eigenvalue weighted by Gasteiger charge is -2.20. The van der Waals surface area contributed by atoms with Crippen molar-refractivity contribution < 1.29 is 19.1 Å². The molecule has 2 aromatic carbocycles. The number of hydrogen-bond acceptors (Lipinski definition) is 5. The lowest BCUT2D eigenvalue weighted by molar-refractivity contribution is -0.121. The minimum absolute atomic E-state index is 0.138. The predicted molar refractivity (Wildman–Crippen MR) is 113 cm³/mol. The topological polar surface area (TPSA) is 67.9 Å². The second kappa shape index (κ2) is 11.0. The first-order chi connectivity index (χ1) is 13.5. The highest BCUT2D eigenvalue weighted by atomic mass is 32.1. The van der Waals surface area contributed by atoms with Gasteiger partial charge < -0.3 is 14.4 Å². The van der Waals surface area contributed by atoms with Crippen LogP contribution in [0.1, 0.15) is 30.1 Å². The molecule has 0 heterocycles. The monoisotopic (exact) mass is 400 g/mol. The average molecular weight is 401 g/mol. The second-order valence-electron chi connectivity index (χ2n) is 6.05. The number of nitrogens with zero attached hydrogens (tertiary/aromatic N) is 1. The molecule has 0 aromatic heterocycles. The molecule has 0 aliphatic rings. The van der Waals surface area contributed by atoms with E-state index in [1.54, 1.807) is 48.3 Å². The molecule has 2 rings (SSSR count). The van der Waals surface area contributed by atoms with E-state index in [1.165, 1.54) is 0 Å². The van der Waals surface area contributed by atoms with E-state index in [1.807, 2.05) is 25.1 Å². The van der Waals surface area contributed by atoms with Crippen molar-refractivity contribution in [3.63, 3.8) is 0 Å². The number of carbonyl (C=O) groups excluding carboxylic acids is 2. The van der Waals surface area contributed by atoms with Crippen LogP contribution in [-0.4, -0.2) is 37.3 Å². The molecule has 0 spiro atoms. The molecular formula is C21H24N2O4S. The van der Waals surface area contributed by atoms with Gasteiger partial charge in [-0.3, -0.25) is 10.1 Å². The van der Waals surface area contributed by atoms with Crippen molar-refractivity contribution >= 4 is 34.9 Å². The van der Waals surface area contributed by atoms with E-state index in [4.69, 9.17) is 21.7 Å². The van der Waals surface area contributed by atoms with Crippen molar-refractivity contribution in [3.8, 4) is 5.75 Å². The second-order valence-corrected chi connectivity index (χ2v) is 6.44. The summed E-state index contributed by atoms with van der Waals surface area (Å²) in [6.45, 7) is 2.31. The van der Waals surface area contributed by atoms with Gasteiger partial charge in [0.1, 0.15) is 5.75 Å². The third-order valence-electron chi connectivity index (χ3n) is 3.89. The van der Waals surface area contributed by atoms with Crippen LogP contribution in [0, 0.1) is 0 Å². The highest BCUT2D eigenvalue weighted by Gasteiger charge is 2.13. The number of nitrogens with one attached hydrogen (secondary N) is 1. The molecule has 0 unspecified atom stereocenters. The Morgan fingerprint density at radius 1 is 1.07 bits per heavy atom. The highest BCUT2D eigenvalue weighted by Crippen LogP contribution is 2.15. The Labute approximate surface area is 170 Å². The highest BCUT2D eigenvalue weighted by molar-refractivity contribution is 7.80. The van der Waals surface area contributed by atoms with E-state index in [0.29, 0.717) is 17.9 Å². The molecular weight excluding hydrogens is 376 g/mol. The Bertz CT molecular complexity index is 794. The molecule has 0 aliphatic carbocycles. The molecule has 0 atom stereocenters. The molecule has 0 aliphatic heterocycles. The molecule has 7 heteroatoms. The van der Waals surface area contributed by atoms with Crippen molar-refractivity contribution in [2.75, 3.05) is 25.2 Å². The first-order valence-corrected chi connectivity index (χ1v) is 9.44. The van der Waals surface area contributed by atoms with E-state index >= 15 is 0 Å². The minimum atomic E-state index is -0.350. The van der Waals surface area contributed by atoms with Crippen molar-refractivity contribution in [2.24, 2.45) is 0 Å². The van der Waals surface area contributed by atoms with Gasteiger partial charge in [0.2, 0.25) is 0 Å². The van der Waals surface area contributed by atoms with Gasteiger partial charge in [-0.2, -0.15) is 0 Å². The molecule has 1 N–H and O–H groups in total. The number of ether oxygens (including phenoxy) is 2. The van der Waals surface area contributed by atoms with Crippen LogP contribution in [-0.2, 0) is 9.53 Å². The summed E-state index contributed by atoms with van der Waals surface area (Å²) < 4.78 is 10.6. The average Bonchev–Trinajstić information content (AvgIpc) is 2.72. The van der Waals surface area contributed by atoms with Gasteiger partial charge >= 0.3 is 5.97 Å². The molecule has 0 saturated carbocycles. The Morgan fingerprint density at radius 3 is 2.39 bits per heavy atom. The Morgan fingerprint density at radius 2 is 1.75 bits per heavy atom. The maximum atomic E-state index is 12.0. The van der Waals surface area contributed by atoms with Crippen LogP contribution in [0.2, 0.25) is 0 Å². The number of unbranched alkanes of at least 4 members (excludes halogenated alkanes) is 1. The molecule has 2 aromatic rings. The third kappa shape index (κ3) is 6.66. The normalized spacial score (nSPS) is 10.1. The first-order valence-electron chi connectivity index (χ1n) is 9.04. The summed E-state index contributed by atoms with van der Waals surface area (Å²) in [5.41, 5.74) is 1.21. The van der Waals surface area contributed by atoms with Gasteiger partial charge in [-0.05, 0) is 55.0 Å². The number of hydrogen-bond donors (Lipinski definition) is 1. The molecule has 148 valence electrons. The Balaban J connectivity index is 1.84. The number of esters is 1. The van der Waals surface area contributed by atoms with Crippen molar-refractivity contribution in [1.29, 1.82) is 0 Å². The summed E-state index contributed by atoms with van der Waals surface area (Å²) in [5, 5.41) is 2.86. The number of para-hydroxylation sites is 1. The third-order valence-corrected chi connectivity index (χ3v) is 4.26. The van der Waals surface area contributed by atoms with Gasteiger partial charge in [-0.1, -0.05) is 31.5 Å². The maximum absolute atomic E-state index is 12.0. The zero-order chi connectivity index (χ0) is 20.4. The number of rotatable bonds is 8. The van der Waals surface area contributed by atoms with Crippen LogP contribution in [0.5, 0.6) is 5.75 Å². The summed E-state index contributed by atoms with van der Waals surface area (Å²) in [7, 11) is 1.73. The summed E-state index contributed by atoms with van der Waals surface area (Å²) in [6.07, 6.45) is 1.81. The minimum Gasteiger partial charge on any atom is -0.484 e. The van der Waals surface area contributed by atoms with Gasteiger partial charge in [0.05, 0.1) is 12.2 Å². The summed E-state index contributed by atoms with van der Waals surface area (Å²) >= 11 is 5.27. The SMILES string of the molecule is CCCCOC(=O)c1ccc(N(C)C(=S)NC(=O)COc2ccccc2)cc1. The van der Waals surface area contributed by atoms with Crippen LogP contribution in [0.3, 0.4) is 0 Å². The van der Waals surface area contributed by atoms with Gasteiger partial charge in [-0.15, -0.1) is 0 Å². The standard InChI is InChI=1S/C21H24N2O4S/c1-3-4-14-26-20(25)16-10-12-17(13-11-16)23(2)21(28)22-19(24)15-27-18-8-6-5-7-9-18/h5-13H,3-4,14-15H2,1-2H3,(H,22,24,28). The zero-order valence-electron chi connectivity index (χ0n) is 16.0. The Hall–Kier alpha value is -2.93. The van der Waals surface area contributed by atoms with E-state index in [0.717, 1.165) is 18.5 Å². The van der Waals surface area contributed by atoms with E-state index < -0.39 is 0 Å². The maximum Gasteiger partial charge on any atom is 0.338 e. The summed E-state index contributed by atoms with van der Waals surface area (Å²) in [5.74, 6) is -0.0910. The molecule has 6 nitrogen and oxygen atoms in total. The van der Waals surface area contributed by atoms with Crippen LogP contribution < -0.4 is 15.0 Å². The molecule has 1 amide bonds. The lowest BCUT2D eigenvalue weighted by Crippen LogP contribution is -2.42. The molecule has 0 fully saturated rings. The van der Waals surface area contributed by atoms with Crippen molar-refractivity contribution in [1.82, 2.24) is 5.32 Å². The van der Waals surface area contributed by atoms with Gasteiger partial charge in [0, 0.05) is 12.7 Å². The predicted octanol–water partition coefficient (Wildman–Crippen LogP) is 3.56. The van der Waals surface area contributed by atoms with Crippen LogP contribution in [0.4, 0.5) is 5.69 Å². The van der Waals surface area contributed by atoms with Crippen LogP contribution in [0.25, 0.3) is 0 Å². The summed E-state index contributed by atoms with van der Waals surface area (Å²) in [6, 6.07) is 15.9. The van der Waals surface area contributed by atoms with E-state index in [9.17, 15) is 9.59 Å². The number of thiocarbonyl (C=S) groups is 1. The number of benzene rings is 2. The first kappa shape index (κ1) is 21.4. The zero-order valence-corrected chi connectivity index (χ0v) is 16.8. The fraction of sp³-hybridized carbons (Fsp3) is 0.286. The fourth-order valence-corrected chi connectivity index (χ4v) is 2.45. The van der Waals surface area contributed by atoms with Gasteiger partial charge in [0.15, 0.2) is 11.7 Å². The molecule has 0 saturated heterocycles. The smallest absolute Gasteiger partial charge is 0.338 e. The van der Waals surface area contributed by atoms with E-state index in [2.05, 4.69) is 5.32 Å². The van der Waals surface area contributed by atoms with Crippen LogP contribution >= 0.6 is 12.2 Å². The van der Waals surface area contributed by atoms with Crippen molar-refractivity contribution in [2.45, 2.75) is 19.8 Å². The molecule has 0 bridgehead atoms. The van der Waals surface area contributed by atoms with Crippen LogP contribution in [0.15, 0.2) is 54.6 Å². The van der Waals surface area contributed by atoms with Crippen molar-refractivity contribution in [3.05, 3.63) is 60.2 Å². The molecule has 0 radical (unpaired) electrons. The number of carbonyl (C=O) groups is 2. The lowest BCUT2D eigenvalue weighted by atomic mass is 10.2. The number of amides is 1. The summed E-state index contributed by atoms with van der Waals surface area (Å²) in [4.78, 5) is 25.6. The fourth-order valence-electron chi connectivity index (χ4n) is 2.24. The largest absolute Gasteiger partial charge is 0.484 e. The molecule has 28 heavy (non-hydrogen) atoms. The van der Waals surface area contributed by atoms with Gasteiger partial charge in [-0.25, -0.2) is 4.79 Å². The number of anilines is 1. The quantitative estimate of drug-likeness (QED) is 0.415. The van der Waals surface area contributed by atoms with Gasteiger partial charge in [0.25, 0.3) is 5.91 Å².